The molecule has 4 nitrogen and oxygen atoms in total. The van der Waals surface area contributed by atoms with Crippen LogP contribution in [0.4, 0.5) is 0 Å². The number of hydrogen-bond acceptors (Lipinski definition) is 4. The van der Waals surface area contributed by atoms with Gasteiger partial charge in [0.15, 0.2) is 0 Å². The molecule has 0 saturated heterocycles. The monoisotopic (exact) mass is 458 g/mol. The van der Waals surface area contributed by atoms with Gasteiger partial charge in [-0.1, -0.05) is 91.0 Å². The molecule has 1 unspecified atom stereocenters. The van der Waals surface area contributed by atoms with Crippen LogP contribution >= 0.6 is 0 Å². The zero-order valence-corrected chi connectivity index (χ0v) is 19.3. The van der Waals surface area contributed by atoms with Crippen LogP contribution in [-0.2, 0) is 6.42 Å². The van der Waals surface area contributed by atoms with Crippen molar-refractivity contribution < 1.29 is 10.2 Å². The predicted octanol–water partition coefficient (Wildman–Crippen LogP) is 6.55. The van der Waals surface area contributed by atoms with Gasteiger partial charge in [-0.15, -0.1) is 0 Å². The summed E-state index contributed by atoms with van der Waals surface area (Å²) in [7, 11) is 0. The van der Waals surface area contributed by atoms with Gasteiger partial charge in [-0.3, -0.25) is 9.98 Å². The Bertz CT molecular complexity index is 1520. The number of aliphatic imine (C=N–C) groups is 2. The Kier molecular flexibility index (Phi) is 6.53. The van der Waals surface area contributed by atoms with E-state index in [2.05, 4.69) is 17.1 Å². The quantitative estimate of drug-likeness (QED) is 0.272. The molecule has 0 saturated carbocycles. The largest absolute Gasteiger partial charge is 0.507 e. The highest BCUT2D eigenvalue weighted by atomic mass is 16.3. The normalized spacial score (nSPS) is 12.7. The van der Waals surface area contributed by atoms with Gasteiger partial charge in [-0.05, 0) is 34.9 Å². The first-order chi connectivity index (χ1) is 17.2. The molecule has 5 rings (SSSR count). The van der Waals surface area contributed by atoms with Crippen molar-refractivity contribution in [1.29, 1.82) is 0 Å². The molecule has 0 radical (unpaired) electrons. The SMILES string of the molecule is Oc1c(C=NCC(Cc2ccccc2)N=Cc2ccc3ccccc3c2O)ccc2ccccc12. The van der Waals surface area contributed by atoms with Crippen molar-refractivity contribution in [3.8, 4) is 11.5 Å². The standard InChI is InChI=1S/C31H26N2O2/c34-30-25(16-14-23-10-4-6-12-28(23)30)19-32-21-27(18-22-8-2-1-3-9-22)33-20-26-17-15-24-11-5-7-13-29(24)31(26)35/h1-17,19-20,27,34-35H,18,21H2. The topological polar surface area (TPSA) is 65.2 Å². The highest BCUT2D eigenvalue weighted by Gasteiger charge is 2.10. The van der Waals surface area contributed by atoms with E-state index in [1.165, 1.54) is 5.56 Å². The summed E-state index contributed by atoms with van der Waals surface area (Å²) in [5, 5.41) is 25.0. The van der Waals surface area contributed by atoms with Gasteiger partial charge in [0.2, 0.25) is 0 Å². The Balaban J connectivity index is 1.40. The summed E-state index contributed by atoms with van der Waals surface area (Å²) in [4.78, 5) is 9.43. The molecular weight excluding hydrogens is 432 g/mol. The third-order valence-corrected chi connectivity index (χ3v) is 6.15. The highest BCUT2D eigenvalue weighted by Crippen LogP contribution is 2.28. The summed E-state index contributed by atoms with van der Waals surface area (Å²) in [6.07, 6.45) is 4.16. The van der Waals surface area contributed by atoms with E-state index in [0.29, 0.717) is 24.1 Å². The molecule has 5 aromatic rings. The lowest BCUT2D eigenvalue weighted by Crippen LogP contribution is -2.13. The number of aromatic hydroxyl groups is 2. The van der Waals surface area contributed by atoms with E-state index in [-0.39, 0.29) is 17.5 Å². The summed E-state index contributed by atoms with van der Waals surface area (Å²) in [6, 6.07) is 33.3. The summed E-state index contributed by atoms with van der Waals surface area (Å²) in [5.41, 5.74) is 2.53. The predicted molar refractivity (Wildman–Crippen MR) is 145 cm³/mol. The van der Waals surface area contributed by atoms with E-state index in [0.717, 1.165) is 21.5 Å². The lowest BCUT2D eigenvalue weighted by Gasteiger charge is -2.11. The van der Waals surface area contributed by atoms with E-state index < -0.39 is 0 Å². The number of benzene rings is 5. The second-order valence-electron chi connectivity index (χ2n) is 8.57. The Labute approximate surface area is 204 Å². The van der Waals surface area contributed by atoms with E-state index in [4.69, 9.17) is 4.99 Å². The molecule has 35 heavy (non-hydrogen) atoms. The summed E-state index contributed by atoms with van der Waals surface area (Å²) < 4.78 is 0. The van der Waals surface area contributed by atoms with Crippen LogP contribution in [-0.4, -0.2) is 35.2 Å². The Hall–Kier alpha value is -4.44. The number of phenols is 2. The van der Waals surface area contributed by atoms with E-state index >= 15 is 0 Å². The Morgan fingerprint density at radius 2 is 1.14 bits per heavy atom. The number of rotatable bonds is 7. The minimum Gasteiger partial charge on any atom is -0.507 e. The van der Waals surface area contributed by atoms with Gasteiger partial charge in [-0.25, -0.2) is 0 Å². The molecule has 0 aliphatic rings. The molecule has 172 valence electrons. The van der Waals surface area contributed by atoms with Gasteiger partial charge in [0.05, 0.1) is 12.6 Å². The van der Waals surface area contributed by atoms with Crippen molar-refractivity contribution in [3.05, 3.63) is 120 Å². The van der Waals surface area contributed by atoms with Crippen LogP contribution in [0.5, 0.6) is 11.5 Å². The van der Waals surface area contributed by atoms with Crippen LogP contribution in [0.1, 0.15) is 16.7 Å². The average Bonchev–Trinajstić information content (AvgIpc) is 2.90. The zero-order chi connectivity index (χ0) is 24.0. The molecule has 5 aromatic carbocycles. The maximum atomic E-state index is 10.7. The fourth-order valence-electron chi connectivity index (χ4n) is 4.26. The lowest BCUT2D eigenvalue weighted by atomic mass is 10.0. The minimum absolute atomic E-state index is 0.123. The number of fused-ring (bicyclic) bond motifs is 2. The number of hydrogen-bond donors (Lipinski definition) is 2. The number of nitrogens with zero attached hydrogens (tertiary/aromatic N) is 2. The van der Waals surface area contributed by atoms with Crippen molar-refractivity contribution in [2.75, 3.05) is 6.54 Å². The molecule has 0 aliphatic heterocycles. The smallest absolute Gasteiger partial charge is 0.132 e. The molecule has 0 bridgehead atoms. The second kappa shape index (κ2) is 10.2. The first-order valence-electron chi connectivity index (χ1n) is 11.7. The summed E-state index contributed by atoms with van der Waals surface area (Å²) in [5.74, 6) is 0.464. The third kappa shape index (κ3) is 5.07. The summed E-state index contributed by atoms with van der Waals surface area (Å²) >= 11 is 0. The molecule has 2 N–H and O–H groups in total. The zero-order valence-electron chi connectivity index (χ0n) is 19.3. The van der Waals surface area contributed by atoms with Crippen molar-refractivity contribution in [2.24, 2.45) is 9.98 Å². The number of phenolic OH excluding ortho intramolecular Hbond substituents is 2. The first kappa shape index (κ1) is 22.4. The molecule has 0 heterocycles. The maximum absolute atomic E-state index is 10.7. The fourth-order valence-corrected chi connectivity index (χ4v) is 4.26. The minimum atomic E-state index is -0.123. The van der Waals surface area contributed by atoms with Crippen LogP contribution in [0.15, 0.2) is 113 Å². The van der Waals surface area contributed by atoms with Crippen LogP contribution in [0.3, 0.4) is 0 Å². The van der Waals surface area contributed by atoms with Gasteiger partial charge in [-0.2, -0.15) is 0 Å². The second-order valence-corrected chi connectivity index (χ2v) is 8.57. The van der Waals surface area contributed by atoms with Crippen molar-refractivity contribution >= 4 is 34.0 Å². The van der Waals surface area contributed by atoms with Crippen LogP contribution < -0.4 is 0 Å². The Morgan fingerprint density at radius 3 is 1.77 bits per heavy atom. The van der Waals surface area contributed by atoms with Gasteiger partial charge in [0, 0.05) is 34.3 Å². The molecule has 4 heteroatoms. The molecular formula is C31H26N2O2. The molecule has 0 spiro atoms. The molecule has 0 aliphatic carbocycles. The third-order valence-electron chi connectivity index (χ3n) is 6.15. The van der Waals surface area contributed by atoms with E-state index in [1.54, 1.807) is 12.4 Å². The van der Waals surface area contributed by atoms with Gasteiger partial charge in [0.1, 0.15) is 11.5 Å². The van der Waals surface area contributed by atoms with Crippen LogP contribution in [0, 0.1) is 0 Å². The van der Waals surface area contributed by atoms with Crippen molar-refractivity contribution in [1.82, 2.24) is 0 Å². The summed E-state index contributed by atoms with van der Waals surface area (Å²) in [6.45, 7) is 0.450. The van der Waals surface area contributed by atoms with Crippen LogP contribution in [0.2, 0.25) is 0 Å². The average molecular weight is 459 g/mol. The van der Waals surface area contributed by atoms with Gasteiger partial charge >= 0.3 is 0 Å². The fraction of sp³-hybridized carbons (Fsp3) is 0.0968. The maximum Gasteiger partial charge on any atom is 0.132 e. The van der Waals surface area contributed by atoms with Crippen molar-refractivity contribution in [2.45, 2.75) is 12.5 Å². The van der Waals surface area contributed by atoms with Crippen molar-refractivity contribution in [3.63, 3.8) is 0 Å². The molecule has 0 aromatic heterocycles. The van der Waals surface area contributed by atoms with Gasteiger partial charge < -0.3 is 10.2 Å². The van der Waals surface area contributed by atoms with Gasteiger partial charge in [0.25, 0.3) is 0 Å². The van der Waals surface area contributed by atoms with E-state index in [9.17, 15) is 10.2 Å². The first-order valence-corrected chi connectivity index (χ1v) is 11.7. The van der Waals surface area contributed by atoms with E-state index in [1.807, 2.05) is 91.0 Å². The molecule has 1 atom stereocenters. The van der Waals surface area contributed by atoms with Crippen LogP contribution in [0.25, 0.3) is 21.5 Å². The molecule has 0 fully saturated rings. The Morgan fingerprint density at radius 1 is 0.600 bits per heavy atom. The lowest BCUT2D eigenvalue weighted by molar-refractivity contribution is 0.480. The highest BCUT2D eigenvalue weighted by molar-refractivity contribution is 5.98. The molecule has 0 amide bonds.